The van der Waals surface area contributed by atoms with Gasteiger partial charge in [-0.05, 0) is 37.6 Å². The first-order valence-electron chi connectivity index (χ1n) is 9.20. The molecule has 2 aliphatic rings. The summed E-state index contributed by atoms with van der Waals surface area (Å²) >= 11 is 0. The van der Waals surface area contributed by atoms with Crippen LogP contribution in [0.25, 0.3) is 0 Å². The first-order valence-corrected chi connectivity index (χ1v) is 9.20. The number of amides is 1. The van der Waals surface area contributed by atoms with Crippen molar-refractivity contribution in [2.45, 2.75) is 25.0 Å². The van der Waals surface area contributed by atoms with Crippen molar-refractivity contribution in [2.75, 3.05) is 26.7 Å². The van der Waals surface area contributed by atoms with E-state index in [1.165, 1.54) is 6.07 Å². The molecule has 2 aromatic rings. The van der Waals surface area contributed by atoms with Crippen LogP contribution in [-0.4, -0.2) is 43.2 Å². The van der Waals surface area contributed by atoms with Gasteiger partial charge in [0.2, 0.25) is 0 Å². The lowest BCUT2D eigenvalue weighted by atomic mass is 9.92. The molecule has 0 aromatic heterocycles. The summed E-state index contributed by atoms with van der Waals surface area (Å²) in [5.74, 6) is 0.854. The highest BCUT2D eigenvalue weighted by atomic mass is 19.1. The zero-order valence-electron chi connectivity index (χ0n) is 15.3. The van der Waals surface area contributed by atoms with E-state index in [9.17, 15) is 9.18 Å². The summed E-state index contributed by atoms with van der Waals surface area (Å²) < 4.78 is 25.7. The van der Waals surface area contributed by atoms with Gasteiger partial charge < -0.3 is 14.8 Å². The molecule has 4 rings (SSSR count). The predicted octanol–water partition coefficient (Wildman–Crippen LogP) is 2.99. The number of halogens is 1. The molecule has 0 bridgehead atoms. The molecule has 142 valence electrons. The number of nitrogens with one attached hydrogen (secondary N) is 1. The minimum atomic E-state index is -0.531. The van der Waals surface area contributed by atoms with Crippen LogP contribution in [0, 0.1) is 5.82 Å². The Morgan fingerprint density at radius 3 is 2.96 bits per heavy atom. The number of benzene rings is 2. The Labute approximate surface area is 158 Å². The zero-order chi connectivity index (χ0) is 18.9. The molecule has 2 aliphatic heterocycles. The summed E-state index contributed by atoms with van der Waals surface area (Å²) in [6.45, 7) is 2.45. The second kappa shape index (κ2) is 7.19. The topological polar surface area (TPSA) is 50.8 Å². The van der Waals surface area contributed by atoms with Gasteiger partial charge in [0.1, 0.15) is 22.9 Å². The molecule has 1 spiro atoms. The van der Waals surface area contributed by atoms with Crippen molar-refractivity contribution in [3.8, 4) is 11.5 Å². The first kappa shape index (κ1) is 17.8. The minimum absolute atomic E-state index is 0.143. The Morgan fingerprint density at radius 2 is 2.15 bits per heavy atom. The van der Waals surface area contributed by atoms with E-state index in [-0.39, 0.29) is 11.7 Å². The van der Waals surface area contributed by atoms with Crippen molar-refractivity contribution in [3.63, 3.8) is 0 Å². The van der Waals surface area contributed by atoms with Gasteiger partial charge in [-0.1, -0.05) is 18.2 Å². The van der Waals surface area contributed by atoms with Gasteiger partial charge >= 0.3 is 0 Å². The highest BCUT2D eigenvalue weighted by molar-refractivity contribution is 5.97. The van der Waals surface area contributed by atoms with Gasteiger partial charge in [0.05, 0.1) is 19.2 Å². The number of fused-ring (bicyclic) bond motifs is 1. The van der Waals surface area contributed by atoms with Crippen molar-refractivity contribution < 1.29 is 18.7 Å². The molecule has 0 radical (unpaired) electrons. The lowest BCUT2D eigenvalue weighted by Gasteiger charge is -2.42. The third-order valence-electron chi connectivity index (χ3n) is 5.30. The number of carbonyl (C=O) groups excluding carboxylic acids is 1. The monoisotopic (exact) mass is 370 g/mol. The van der Waals surface area contributed by atoms with Crippen LogP contribution in [0.2, 0.25) is 0 Å². The maximum absolute atomic E-state index is 14.0. The van der Waals surface area contributed by atoms with Gasteiger partial charge in [-0.15, -0.1) is 0 Å². The van der Waals surface area contributed by atoms with Crippen LogP contribution in [0.15, 0.2) is 42.5 Å². The molecule has 0 aliphatic carbocycles. The molecule has 1 saturated heterocycles. The fraction of sp³-hybridized carbons (Fsp3) is 0.381. The number of hydrogen-bond donors (Lipinski definition) is 1. The molecule has 1 amide bonds. The summed E-state index contributed by atoms with van der Waals surface area (Å²) in [5, 5.41) is 2.99. The Morgan fingerprint density at radius 1 is 1.30 bits per heavy atom. The van der Waals surface area contributed by atoms with E-state index in [2.05, 4.69) is 10.2 Å². The third-order valence-corrected chi connectivity index (χ3v) is 5.30. The number of likely N-dealkylation sites (tertiary alicyclic amines) is 1. The summed E-state index contributed by atoms with van der Waals surface area (Å²) in [6.07, 6.45) is 1.75. The SMILES string of the molecule is COc1ccc2c(c1)OC1(CCCN(Cc3ccccc3F)C1)CNC2=O. The van der Waals surface area contributed by atoms with Crippen molar-refractivity contribution in [1.29, 1.82) is 0 Å². The zero-order valence-corrected chi connectivity index (χ0v) is 15.3. The smallest absolute Gasteiger partial charge is 0.255 e. The van der Waals surface area contributed by atoms with E-state index < -0.39 is 5.60 Å². The second-order valence-electron chi connectivity index (χ2n) is 7.24. The van der Waals surface area contributed by atoms with E-state index in [1.54, 1.807) is 31.4 Å². The van der Waals surface area contributed by atoms with Crippen molar-refractivity contribution in [3.05, 3.63) is 59.4 Å². The summed E-state index contributed by atoms with van der Waals surface area (Å²) in [7, 11) is 1.59. The standard InChI is InChI=1S/C21H23FN2O3/c1-26-16-7-8-17-19(11-16)27-21(13-23-20(17)25)9-4-10-24(14-21)12-15-5-2-3-6-18(15)22/h2-3,5-8,11H,4,9-10,12-14H2,1H3,(H,23,25). The summed E-state index contributed by atoms with van der Waals surface area (Å²) in [6, 6.07) is 12.1. The molecule has 1 N–H and O–H groups in total. The number of hydrogen-bond acceptors (Lipinski definition) is 4. The maximum Gasteiger partial charge on any atom is 0.255 e. The normalized spacial score (nSPS) is 22.5. The van der Waals surface area contributed by atoms with Gasteiger partial charge in [0.25, 0.3) is 5.91 Å². The van der Waals surface area contributed by atoms with Crippen LogP contribution >= 0.6 is 0 Å². The van der Waals surface area contributed by atoms with Gasteiger partial charge in [0.15, 0.2) is 0 Å². The van der Waals surface area contributed by atoms with Crippen molar-refractivity contribution in [1.82, 2.24) is 10.2 Å². The molecule has 1 unspecified atom stereocenters. The van der Waals surface area contributed by atoms with E-state index in [0.717, 1.165) is 19.4 Å². The van der Waals surface area contributed by atoms with Crippen LogP contribution in [0.1, 0.15) is 28.8 Å². The van der Waals surface area contributed by atoms with Crippen LogP contribution in [0.3, 0.4) is 0 Å². The largest absolute Gasteiger partial charge is 0.497 e. The molecule has 27 heavy (non-hydrogen) atoms. The fourth-order valence-electron chi connectivity index (χ4n) is 3.93. The average Bonchev–Trinajstić information content (AvgIpc) is 2.80. The Balaban J connectivity index is 1.58. The molecule has 1 atom stereocenters. The number of rotatable bonds is 3. The second-order valence-corrected chi connectivity index (χ2v) is 7.24. The highest BCUT2D eigenvalue weighted by Gasteiger charge is 2.41. The Kier molecular flexibility index (Phi) is 4.74. The highest BCUT2D eigenvalue weighted by Crippen LogP contribution is 2.34. The number of methoxy groups -OCH3 is 1. The Hall–Kier alpha value is -2.60. The molecule has 6 heteroatoms. The lowest BCUT2D eigenvalue weighted by Crippen LogP contribution is -2.56. The minimum Gasteiger partial charge on any atom is -0.497 e. The number of nitrogens with zero attached hydrogens (tertiary/aromatic N) is 1. The molecule has 5 nitrogen and oxygen atoms in total. The number of carbonyl (C=O) groups is 1. The van der Waals surface area contributed by atoms with E-state index in [0.29, 0.717) is 42.3 Å². The molecule has 2 aromatic carbocycles. The molecule has 2 heterocycles. The molecular weight excluding hydrogens is 347 g/mol. The van der Waals surface area contributed by atoms with Crippen LogP contribution in [0.5, 0.6) is 11.5 Å². The molecule has 1 fully saturated rings. The number of ether oxygens (including phenoxy) is 2. The van der Waals surface area contributed by atoms with Gasteiger partial charge in [-0.3, -0.25) is 9.69 Å². The van der Waals surface area contributed by atoms with E-state index >= 15 is 0 Å². The fourth-order valence-corrected chi connectivity index (χ4v) is 3.93. The van der Waals surface area contributed by atoms with Crippen LogP contribution < -0.4 is 14.8 Å². The third kappa shape index (κ3) is 3.62. The van der Waals surface area contributed by atoms with Gasteiger partial charge in [-0.25, -0.2) is 4.39 Å². The lowest BCUT2D eigenvalue weighted by molar-refractivity contribution is -0.00745. The van der Waals surface area contributed by atoms with E-state index in [1.807, 2.05) is 12.1 Å². The molecular formula is C21H23FN2O3. The van der Waals surface area contributed by atoms with Crippen LogP contribution in [-0.2, 0) is 6.54 Å². The summed E-state index contributed by atoms with van der Waals surface area (Å²) in [4.78, 5) is 14.6. The maximum atomic E-state index is 14.0. The number of piperidine rings is 1. The van der Waals surface area contributed by atoms with Crippen LogP contribution in [0.4, 0.5) is 4.39 Å². The summed E-state index contributed by atoms with van der Waals surface area (Å²) in [5.41, 5.74) is 0.657. The first-order chi connectivity index (χ1) is 13.1. The van der Waals surface area contributed by atoms with Gasteiger partial charge in [0, 0.05) is 24.7 Å². The van der Waals surface area contributed by atoms with Crippen molar-refractivity contribution >= 4 is 5.91 Å². The predicted molar refractivity (Wildman–Crippen MR) is 99.6 cm³/mol. The quantitative estimate of drug-likeness (QED) is 0.903. The van der Waals surface area contributed by atoms with Crippen molar-refractivity contribution in [2.24, 2.45) is 0 Å². The average molecular weight is 370 g/mol. The van der Waals surface area contributed by atoms with Gasteiger partial charge in [-0.2, -0.15) is 0 Å². The van der Waals surface area contributed by atoms with E-state index in [4.69, 9.17) is 9.47 Å². The molecule has 0 saturated carbocycles. The Bertz CT molecular complexity index is 857.